The first-order valence-electron chi connectivity index (χ1n) is 10.0. The molecular weight excluding hydrogens is 437 g/mol. The lowest BCUT2D eigenvalue weighted by Crippen LogP contribution is -2.37. The molecule has 3 rings (SSSR count). The number of amides is 1. The average Bonchev–Trinajstić information content (AvgIpc) is 2.80. The van der Waals surface area contributed by atoms with Crippen molar-refractivity contribution in [2.24, 2.45) is 0 Å². The van der Waals surface area contributed by atoms with Gasteiger partial charge in [-0.1, -0.05) is 24.3 Å². The molecule has 1 N–H and O–H groups in total. The molecule has 0 saturated heterocycles. The lowest BCUT2D eigenvalue weighted by molar-refractivity contribution is -0.139. The van der Waals surface area contributed by atoms with Gasteiger partial charge >= 0.3 is 6.18 Å². The molecule has 0 radical (unpaired) electrons. The summed E-state index contributed by atoms with van der Waals surface area (Å²) in [6.45, 7) is -0.544. The van der Waals surface area contributed by atoms with Crippen LogP contribution in [0, 0.1) is 0 Å². The quantitative estimate of drug-likeness (QED) is 0.552. The lowest BCUT2D eigenvalue weighted by Gasteiger charge is -2.20. The third-order valence-electron chi connectivity index (χ3n) is 5.09. The van der Waals surface area contributed by atoms with E-state index in [-0.39, 0.29) is 0 Å². The van der Waals surface area contributed by atoms with Gasteiger partial charge in [-0.25, -0.2) is 0 Å². The second kappa shape index (κ2) is 10.2. The van der Waals surface area contributed by atoms with E-state index in [2.05, 4.69) is 5.32 Å². The number of rotatable bonds is 8. The Hall–Kier alpha value is -3.75. The molecule has 3 aromatic rings. The van der Waals surface area contributed by atoms with E-state index in [4.69, 9.17) is 9.47 Å². The number of alkyl halides is 3. The number of methoxy groups -OCH3 is 2. The molecule has 0 aliphatic rings. The van der Waals surface area contributed by atoms with Gasteiger partial charge in [-0.3, -0.25) is 9.59 Å². The number of halogens is 3. The number of nitrogens with zero attached hydrogens (tertiary/aromatic N) is 1. The van der Waals surface area contributed by atoms with Crippen LogP contribution in [0.2, 0.25) is 0 Å². The Kier molecular flexibility index (Phi) is 7.42. The topological polar surface area (TPSA) is 69.6 Å². The van der Waals surface area contributed by atoms with Crippen molar-refractivity contribution in [1.82, 2.24) is 9.88 Å². The molecule has 9 heteroatoms. The Bertz CT molecular complexity index is 1140. The third kappa shape index (κ3) is 6.15. The highest BCUT2D eigenvalue weighted by Gasteiger charge is 2.34. The molecule has 0 bridgehead atoms. The molecule has 1 aromatic heterocycles. The number of benzene rings is 2. The first-order valence-corrected chi connectivity index (χ1v) is 10.0. The van der Waals surface area contributed by atoms with Crippen LogP contribution in [-0.4, -0.2) is 24.7 Å². The van der Waals surface area contributed by atoms with Crippen LogP contribution in [0.1, 0.15) is 22.7 Å². The summed E-state index contributed by atoms with van der Waals surface area (Å²) in [6, 6.07) is 15.7. The summed E-state index contributed by atoms with van der Waals surface area (Å²) >= 11 is 0. The maximum atomic E-state index is 13.0. The fraction of sp³-hybridized carbons (Fsp3) is 0.250. The molecule has 174 valence electrons. The van der Waals surface area contributed by atoms with E-state index >= 15 is 0 Å². The number of pyridine rings is 1. The van der Waals surface area contributed by atoms with Gasteiger partial charge in [0.2, 0.25) is 5.91 Å². The molecule has 33 heavy (non-hydrogen) atoms. The van der Waals surface area contributed by atoms with Crippen LogP contribution in [0.15, 0.2) is 71.7 Å². The number of carbonyl (C=O) groups is 1. The molecule has 1 atom stereocenters. The molecule has 6 nitrogen and oxygen atoms in total. The van der Waals surface area contributed by atoms with Crippen LogP contribution in [-0.2, 0) is 23.9 Å². The molecule has 0 aliphatic heterocycles. The number of aromatic nitrogens is 1. The van der Waals surface area contributed by atoms with Crippen molar-refractivity contribution < 1.29 is 27.4 Å². The predicted octanol–water partition coefficient (Wildman–Crippen LogP) is 3.98. The van der Waals surface area contributed by atoms with Crippen LogP contribution < -0.4 is 20.3 Å². The van der Waals surface area contributed by atoms with Crippen LogP contribution in [0.3, 0.4) is 0 Å². The van der Waals surface area contributed by atoms with Crippen molar-refractivity contribution in [3.63, 3.8) is 0 Å². The minimum absolute atomic E-state index is 0.416. The van der Waals surface area contributed by atoms with Gasteiger partial charge in [0, 0.05) is 6.20 Å². The van der Waals surface area contributed by atoms with Crippen molar-refractivity contribution in [3.8, 4) is 11.5 Å². The molecule has 0 aliphatic carbocycles. The summed E-state index contributed by atoms with van der Waals surface area (Å²) in [6.07, 6.45) is -3.22. The van der Waals surface area contributed by atoms with Crippen molar-refractivity contribution in [2.45, 2.75) is 25.2 Å². The van der Waals surface area contributed by atoms with Crippen molar-refractivity contribution >= 4 is 5.91 Å². The highest BCUT2D eigenvalue weighted by atomic mass is 19.4. The summed E-state index contributed by atoms with van der Waals surface area (Å²) in [5.41, 5.74) is -0.899. The van der Waals surface area contributed by atoms with Gasteiger partial charge in [0.25, 0.3) is 5.56 Å². The van der Waals surface area contributed by atoms with Crippen LogP contribution in [0.25, 0.3) is 0 Å². The normalized spacial score (nSPS) is 12.2. The molecule has 1 amide bonds. The largest absolute Gasteiger partial charge is 0.497 e. The Morgan fingerprint density at radius 3 is 2.09 bits per heavy atom. The molecular formula is C24H23F3N2O4. The second-order valence-corrected chi connectivity index (χ2v) is 7.30. The van der Waals surface area contributed by atoms with Gasteiger partial charge in [-0.2, -0.15) is 13.2 Å². The number of hydrogen-bond acceptors (Lipinski definition) is 4. The minimum Gasteiger partial charge on any atom is -0.497 e. The van der Waals surface area contributed by atoms with Crippen LogP contribution in [0.5, 0.6) is 11.5 Å². The zero-order valence-corrected chi connectivity index (χ0v) is 18.1. The number of hydrogen-bond donors (Lipinski definition) is 1. The monoisotopic (exact) mass is 460 g/mol. The SMILES string of the molecule is COc1ccc(CC(NC(=O)Cn2cccc(C(F)(F)F)c2=O)c2ccc(OC)cc2)cc1. The van der Waals surface area contributed by atoms with Gasteiger partial charge in [-0.15, -0.1) is 0 Å². The van der Waals surface area contributed by atoms with Crippen LogP contribution >= 0.6 is 0 Å². The maximum absolute atomic E-state index is 13.0. The number of carbonyl (C=O) groups excluding carboxylic acids is 1. The van der Waals surface area contributed by atoms with E-state index in [0.717, 1.165) is 28.0 Å². The average molecular weight is 460 g/mol. The molecule has 0 saturated carbocycles. The summed E-state index contributed by atoms with van der Waals surface area (Å²) in [5, 5.41) is 2.83. The Labute approximate surface area is 188 Å². The highest BCUT2D eigenvalue weighted by molar-refractivity contribution is 5.76. The maximum Gasteiger partial charge on any atom is 0.421 e. The lowest BCUT2D eigenvalue weighted by atomic mass is 9.98. The van der Waals surface area contributed by atoms with Crippen molar-refractivity contribution in [3.05, 3.63) is 93.9 Å². The highest BCUT2D eigenvalue weighted by Crippen LogP contribution is 2.26. The second-order valence-electron chi connectivity index (χ2n) is 7.30. The first-order chi connectivity index (χ1) is 15.7. The first kappa shape index (κ1) is 23.9. The van der Waals surface area contributed by atoms with Gasteiger partial charge < -0.3 is 19.4 Å². The number of ether oxygens (including phenoxy) is 2. The molecule has 2 aromatic carbocycles. The van der Waals surface area contributed by atoms with Crippen molar-refractivity contribution in [1.29, 1.82) is 0 Å². The Morgan fingerprint density at radius 1 is 0.970 bits per heavy atom. The van der Waals surface area contributed by atoms with Gasteiger partial charge in [0.05, 0.1) is 20.3 Å². The summed E-state index contributed by atoms with van der Waals surface area (Å²) in [5.74, 6) is 0.738. The van der Waals surface area contributed by atoms with E-state index < -0.39 is 35.8 Å². The zero-order valence-electron chi connectivity index (χ0n) is 18.1. The fourth-order valence-electron chi connectivity index (χ4n) is 3.36. The molecule has 0 fully saturated rings. The minimum atomic E-state index is -4.80. The van der Waals surface area contributed by atoms with E-state index in [1.165, 1.54) is 0 Å². The standard InChI is InChI=1S/C24H23F3N2O4/c1-32-18-9-5-16(6-10-18)14-21(17-7-11-19(33-2)12-8-17)28-22(30)15-29-13-3-4-20(23(29)31)24(25,26)27/h3-13,21H,14-15H2,1-2H3,(H,28,30). The Morgan fingerprint density at radius 2 is 1.55 bits per heavy atom. The van der Waals surface area contributed by atoms with E-state index in [9.17, 15) is 22.8 Å². The van der Waals surface area contributed by atoms with Gasteiger partial charge in [-0.05, 0) is 53.9 Å². The van der Waals surface area contributed by atoms with E-state index in [0.29, 0.717) is 24.0 Å². The fourth-order valence-corrected chi connectivity index (χ4v) is 3.36. The van der Waals surface area contributed by atoms with Gasteiger partial charge in [0.1, 0.15) is 23.6 Å². The molecule has 1 unspecified atom stereocenters. The van der Waals surface area contributed by atoms with Crippen molar-refractivity contribution in [2.75, 3.05) is 14.2 Å². The Balaban J connectivity index is 1.83. The molecule has 0 spiro atoms. The summed E-state index contributed by atoms with van der Waals surface area (Å²) in [7, 11) is 3.10. The van der Waals surface area contributed by atoms with Crippen LogP contribution in [0.4, 0.5) is 13.2 Å². The van der Waals surface area contributed by atoms with E-state index in [1.807, 2.05) is 12.1 Å². The third-order valence-corrected chi connectivity index (χ3v) is 5.09. The summed E-state index contributed by atoms with van der Waals surface area (Å²) in [4.78, 5) is 24.9. The van der Waals surface area contributed by atoms with E-state index in [1.54, 1.807) is 50.6 Å². The number of nitrogens with one attached hydrogen (secondary N) is 1. The zero-order chi connectivity index (χ0) is 24.0. The smallest absolute Gasteiger partial charge is 0.421 e. The predicted molar refractivity (Wildman–Crippen MR) is 116 cm³/mol. The molecule has 1 heterocycles. The summed E-state index contributed by atoms with van der Waals surface area (Å²) < 4.78 is 50.2. The van der Waals surface area contributed by atoms with Gasteiger partial charge in [0.15, 0.2) is 0 Å².